The van der Waals surface area contributed by atoms with Gasteiger partial charge >= 0.3 is 5.69 Å². The summed E-state index contributed by atoms with van der Waals surface area (Å²) in [6, 6.07) is 1.50. The van der Waals surface area contributed by atoms with Gasteiger partial charge in [-0.3, -0.25) is 4.57 Å². The summed E-state index contributed by atoms with van der Waals surface area (Å²) in [5, 5.41) is 9.03. The van der Waals surface area contributed by atoms with Gasteiger partial charge in [-0.1, -0.05) is 0 Å². The molecule has 0 radical (unpaired) electrons. The summed E-state index contributed by atoms with van der Waals surface area (Å²) < 4.78 is 11.9. The summed E-state index contributed by atoms with van der Waals surface area (Å²) in [6.07, 6.45) is 0.902. The van der Waals surface area contributed by atoms with Gasteiger partial charge in [0.05, 0.1) is 13.2 Å². The van der Waals surface area contributed by atoms with Crippen LogP contribution < -0.4 is 11.4 Å². The second-order valence-corrected chi connectivity index (χ2v) is 3.72. The summed E-state index contributed by atoms with van der Waals surface area (Å²) in [5.74, 6) is -0.907. The first kappa shape index (κ1) is 11.1. The molecular formula is C9H13N3O4. The number of ether oxygens (including phenoxy) is 2. The van der Waals surface area contributed by atoms with Crippen LogP contribution in [0.5, 0.6) is 0 Å². The summed E-state index contributed by atoms with van der Waals surface area (Å²) in [5.41, 5.74) is 4.87. The molecule has 0 aliphatic carbocycles. The van der Waals surface area contributed by atoms with E-state index in [9.17, 15) is 4.79 Å². The Morgan fingerprint density at radius 2 is 2.56 bits per heavy atom. The molecule has 1 saturated heterocycles. The lowest BCUT2D eigenvalue weighted by atomic mass is 10.4. The van der Waals surface area contributed by atoms with E-state index in [-0.39, 0.29) is 19.0 Å². The fourth-order valence-corrected chi connectivity index (χ4v) is 1.47. The van der Waals surface area contributed by atoms with Crippen molar-refractivity contribution in [1.29, 1.82) is 0 Å². The quantitative estimate of drug-likeness (QED) is 0.677. The molecule has 2 rings (SSSR count). The van der Waals surface area contributed by atoms with Crippen molar-refractivity contribution >= 4 is 5.82 Å². The summed E-state index contributed by atoms with van der Waals surface area (Å²) in [6.45, 7) is 1.51. The van der Waals surface area contributed by atoms with Crippen LogP contribution in [0.3, 0.4) is 0 Å². The molecule has 3 N–H and O–H groups in total. The zero-order valence-corrected chi connectivity index (χ0v) is 8.79. The van der Waals surface area contributed by atoms with E-state index in [2.05, 4.69) is 4.98 Å². The standard InChI is InChI=1S/C9H13N3O4/c1-9(5-13)15-4-7(16-9)12-3-2-6(10)11-8(12)14/h2-3,7,13H,4-5H2,1H3,(H2,10,11,14)/t7-,9-/m1/s1. The van der Waals surface area contributed by atoms with Crippen LogP contribution in [0.25, 0.3) is 0 Å². The van der Waals surface area contributed by atoms with Gasteiger partial charge in [0, 0.05) is 6.20 Å². The maximum absolute atomic E-state index is 11.5. The third kappa shape index (κ3) is 1.92. The fourth-order valence-electron chi connectivity index (χ4n) is 1.47. The maximum atomic E-state index is 11.5. The zero-order chi connectivity index (χ0) is 11.8. The number of rotatable bonds is 2. The van der Waals surface area contributed by atoms with Crippen LogP contribution in [0.15, 0.2) is 17.1 Å². The Labute approximate surface area is 91.4 Å². The summed E-state index contributed by atoms with van der Waals surface area (Å²) in [4.78, 5) is 15.1. The monoisotopic (exact) mass is 227 g/mol. The molecule has 2 atom stereocenters. The number of nitrogens with zero attached hydrogens (tertiary/aromatic N) is 2. The molecule has 1 fully saturated rings. The minimum absolute atomic E-state index is 0.157. The fraction of sp³-hybridized carbons (Fsp3) is 0.556. The lowest BCUT2D eigenvalue weighted by Gasteiger charge is -2.20. The van der Waals surface area contributed by atoms with Gasteiger partial charge in [0.2, 0.25) is 0 Å². The van der Waals surface area contributed by atoms with E-state index in [1.807, 2.05) is 0 Å². The molecule has 1 aliphatic rings. The lowest BCUT2D eigenvalue weighted by Crippen LogP contribution is -2.33. The Morgan fingerprint density at radius 3 is 3.12 bits per heavy atom. The first-order valence-corrected chi connectivity index (χ1v) is 4.81. The molecule has 0 aromatic carbocycles. The van der Waals surface area contributed by atoms with Gasteiger partial charge in [-0.15, -0.1) is 0 Å². The first-order valence-electron chi connectivity index (χ1n) is 4.81. The van der Waals surface area contributed by atoms with Crippen LogP contribution in [0.1, 0.15) is 13.2 Å². The number of aliphatic hydroxyl groups is 1. The highest BCUT2D eigenvalue weighted by Crippen LogP contribution is 2.27. The van der Waals surface area contributed by atoms with Crippen LogP contribution in [-0.4, -0.2) is 33.7 Å². The van der Waals surface area contributed by atoms with Crippen molar-refractivity contribution in [3.63, 3.8) is 0 Å². The van der Waals surface area contributed by atoms with Crippen LogP contribution >= 0.6 is 0 Å². The molecule has 0 bridgehead atoms. The summed E-state index contributed by atoms with van der Waals surface area (Å²) in [7, 11) is 0. The van der Waals surface area contributed by atoms with Gasteiger partial charge in [0.15, 0.2) is 12.0 Å². The van der Waals surface area contributed by atoms with Crippen molar-refractivity contribution in [3.05, 3.63) is 22.7 Å². The molecule has 1 aromatic rings. The number of nitrogen functional groups attached to an aromatic ring is 1. The highest BCUT2D eigenvalue weighted by atomic mass is 16.8. The Bertz CT molecular complexity index is 447. The number of nitrogens with two attached hydrogens (primary N) is 1. The van der Waals surface area contributed by atoms with Crippen LogP contribution in [0.4, 0.5) is 5.82 Å². The van der Waals surface area contributed by atoms with Crippen molar-refractivity contribution < 1.29 is 14.6 Å². The molecule has 2 heterocycles. The second-order valence-electron chi connectivity index (χ2n) is 3.72. The minimum atomic E-state index is -1.06. The normalized spacial score (nSPS) is 29.5. The minimum Gasteiger partial charge on any atom is -0.391 e. The zero-order valence-electron chi connectivity index (χ0n) is 8.79. The SMILES string of the molecule is C[C@@]1(CO)OC[C@H](n2ccc(N)nc2=O)O1. The number of hydrogen-bond donors (Lipinski definition) is 2. The third-order valence-electron chi connectivity index (χ3n) is 2.37. The summed E-state index contributed by atoms with van der Waals surface area (Å²) >= 11 is 0. The van der Waals surface area contributed by atoms with Gasteiger partial charge in [0.25, 0.3) is 0 Å². The highest BCUT2D eigenvalue weighted by molar-refractivity contribution is 5.23. The smallest absolute Gasteiger partial charge is 0.351 e. The predicted octanol–water partition coefficient (Wildman–Crippen LogP) is -0.921. The third-order valence-corrected chi connectivity index (χ3v) is 2.37. The van der Waals surface area contributed by atoms with E-state index >= 15 is 0 Å². The van der Waals surface area contributed by atoms with Crippen molar-refractivity contribution in [1.82, 2.24) is 9.55 Å². The van der Waals surface area contributed by atoms with Crippen molar-refractivity contribution in [3.8, 4) is 0 Å². The maximum Gasteiger partial charge on any atom is 0.351 e. The van der Waals surface area contributed by atoms with E-state index in [1.165, 1.54) is 16.8 Å². The van der Waals surface area contributed by atoms with Gasteiger partial charge in [0.1, 0.15) is 5.82 Å². The molecule has 16 heavy (non-hydrogen) atoms. The van der Waals surface area contributed by atoms with Crippen LogP contribution in [0, 0.1) is 0 Å². The molecule has 0 amide bonds. The number of hydrogen-bond acceptors (Lipinski definition) is 6. The average molecular weight is 227 g/mol. The topological polar surface area (TPSA) is 99.6 Å². The molecule has 0 spiro atoms. The van der Waals surface area contributed by atoms with E-state index in [4.69, 9.17) is 20.3 Å². The lowest BCUT2D eigenvalue weighted by molar-refractivity contribution is -0.186. The van der Waals surface area contributed by atoms with Crippen LogP contribution in [0.2, 0.25) is 0 Å². The van der Waals surface area contributed by atoms with Crippen molar-refractivity contribution in [2.24, 2.45) is 0 Å². The molecule has 0 unspecified atom stereocenters. The van der Waals surface area contributed by atoms with E-state index in [0.29, 0.717) is 0 Å². The molecule has 1 aliphatic heterocycles. The Kier molecular flexibility index (Phi) is 2.66. The Hall–Kier alpha value is -1.44. The molecule has 7 heteroatoms. The largest absolute Gasteiger partial charge is 0.391 e. The highest BCUT2D eigenvalue weighted by Gasteiger charge is 2.37. The van der Waals surface area contributed by atoms with Crippen LogP contribution in [-0.2, 0) is 9.47 Å². The van der Waals surface area contributed by atoms with Gasteiger partial charge in [-0.05, 0) is 13.0 Å². The number of aliphatic hydroxyl groups excluding tert-OH is 1. The van der Waals surface area contributed by atoms with E-state index < -0.39 is 17.7 Å². The molecule has 0 saturated carbocycles. The van der Waals surface area contributed by atoms with Crippen molar-refractivity contribution in [2.75, 3.05) is 18.9 Å². The average Bonchev–Trinajstić information content (AvgIpc) is 2.62. The second kappa shape index (κ2) is 3.85. The molecule has 88 valence electrons. The molecular weight excluding hydrogens is 214 g/mol. The number of anilines is 1. The first-order chi connectivity index (χ1) is 7.54. The van der Waals surface area contributed by atoms with E-state index in [0.717, 1.165) is 0 Å². The Morgan fingerprint density at radius 1 is 1.81 bits per heavy atom. The van der Waals surface area contributed by atoms with Crippen molar-refractivity contribution in [2.45, 2.75) is 18.9 Å². The number of aromatic nitrogens is 2. The predicted molar refractivity (Wildman–Crippen MR) is 54.5 cm³/mol. The van der Waals surface area contributed by atoms with Gasteiger partial charge in [-0.25, -0.2) is 4.79 Å². The van der Waals surface area contributed by atoms with Gasteiger partial charge in [-0.2, -0.15) is 4.98 Å². The van der Waals surface area contributed by atoms with E-state index in [1.54, 1.807) is 6.92 Å². The van der Waals surface area contributed by atoms with Gasteiger partial charge < -0.3 is 20.3 Å². The molecule has 7 nitrogen and oxygen atoms in total. The Balaban J connectivity index is 2.24. The molecule has 1 aromatic heterocycles.